The number of hydrogen-bond acceptors (Lipinski definition) is 8. The monoisotopic (exact) mass is 469 g/mol. The van der Waals surface area contributed by atoms with Gasteiger partial charge in [0.15, 0.2) is 0 Å². The molecule has 1 N–H and O–H groups in total. The number of morpholine rings is 1. The maximum atomic E-state index is 13.2. The lowest BCUT2D eigenvalue weighted by Gasteiger charge is -2.28. The van der Waals surface area contributed by atoms with Crippen LogP contribution in [0.15, 0.2) is 90.0 Å². The van der Waals surface area contributed by atoms with Crippen LogP contribution in [-0.2, 0) is 4.74 Å². The molecule has 0 unspecified atom stereocenters. The third kappa shape index (κ3) is 5.59. The molecule has 4 aromatic rings. The smallest absolute Gasteiger partial charge is 0.250 e. The average molecular weight is 470 g/mol. The van der Waals surface area contributed by atoms with Gasteiger partial charge in [0.2, 0.25) is 17.8 Å². The van der Waals surface area contributed by atoms with E-state index in [1.54, 1.807) is 18.3 Å². The summed E-state index contributed by atoms with van der Waals surface area (Å²) in [6, 6.07) is 25.9. The lowest BCUT2D eigenvalue weighted by atomic mass is 10.2. The number of nitrogens with zero attached hydrogens (tertiary/aromatic N) is 6. The maximum absolute atomic E-state index is 13.2. The molecular weight excluding hydrogens is 445 g/mol. The van der Waals surface area contributed by atoms with Crippen LogP contribution in [0, 0.1) is 5.82 Å². The molecule has 0 aliphatic carbocycles. The van der Waals surface area contributed by atoms with Crippen molar-refractivity contribution in [1.82, 2.24) is 15.0 Å². The molecule has 176 valence electrons. The first-order valence-electron chi connectivity index (χ1n) is 11.3. The van der Waals surface area contributed by atoms with Gasteiger partial charge in [-0.3, -0.25) is 4.90 Å². The fraction of sp³-hybridized carbons (Fsp3) is 0.154. The molecule has 1 aliphatic heterocycles. The predicted molar refractivity (Wildman–Crippen MR) is 135 cm³/mol. The Morgan fingerprint density at radius 1 is 0.829 bits per heavy atom. The van der Waals surface area contributed by atoms with Crippen molar-refractivity contribution < 1.29 is 9.13 Å². The minimum absolute atomic E-state index is 0.297. The van der Waals surface area contributed by atoms with Gasteiger partial charge in [0.05, 0.1) is 19.4 Å². The van der Waals surface area contributed by atoms with Crippen molar-refractivity contribution in [2.75, 3.05) is 41.5 Å². The van der Waals surface area contributed by atoms with Crippen LogP contribution in [0.2, 0.25) is 0 Å². The average Bonchev–Trinajstić information content (AvgIpc) is 2.92. The number of hydrogen-bond donors (Lipinski definition) is 1. The number of aromatic nitrogens is 3. The number of benzene rings is 3. The van der Waals surface area contributed by atoms with Gasteiger partial charge < -0.3 is 9.64 Å². The van der Waals surface area contributed by atoms with Crippen molar-refractivity contribution in [2.24, 2.45) is 5.10 Å². The zero-order chi connectivity index (χ0) is 23.9. The zero-order valence-corrected chi connectivity index (χ0v) is 19.0. The summed E-state index contributed by atoms with van der Waals surface area (Å²) in [5.74, 6) is 0.994. The van der Waals surface area contributed by atoms with Crippen LogP contribution in [-0.4, -0.2) is 47.5 Å². The van der Waals surface area contributed by atoms with Gasteiger partial charge in [-0.1, -0.05) is 48.5 Å². The summed E-state index contributed by atoms with van der Waals surface area (Å²) in [5, 5.41) is 4.26. The molecule has 8 nitrogen and oxygen atoms in total. The maximum Gasteiger partial charge on any atom is 0.250 e. The van der Waals surface area contributed by atoms with E-state index < -0.39 is 0 Å². The Balaban J connectivity index is 1.53. The standard InChI is InChI=1S/C26H24FN7O/c27-21-13-11-20(12-14-21)19-28-32-24-29-25(33-15-17-35-18-16-33)31-26(30-24)34(22-7-3-1-4-8-22)23-9-5-2-6-10-23/h1-14,19H,15-18H2,(H,29,30,31,32). The molecule has 3 aromatic carbocycles. The van der Waals surface area contributed by atoms with Crippen LogP contribution in [0.25, 0.3) is 0 Å². The number of nitrogens with one attached hydrogen (secondary N) is 1. The van der Waals surface area contributed by atoms with Gasteiger partial charge in [-0.15, -0.1) is 0 Å². The molecule has 0 amide bonds. The highest BCUT2D eigenvalue weighted by atomic mass is 19.1. The summed E-state index contributed by atoms with van der Waals surface area (Å²) >= 11 is 0. The molecule has 5 rings (SSSR count). The van der Waals surface area contributed by atoms with Crippen LogP contribution in [0.4, 0.5) is 33.6 Å². The molecule has 0 bridgehead atoms. The molecule has 1 aliphatic rings. The highest BCUT2D eigenvalue weighted by Crippen LogP contribution is 2.33. The highest BCUT2D eigenvalue weighted by Gasteiger charge is 2.21. The van der Waals surface area contributed by atoms with Gasteiger partial charge in [0.25, 0.3) is 0 Å². The Hall–Kier alpha value is -4.37. The molecule has 2 heterocycles. The van der Waals surface area contributed by atoms with E-state index >= 15 is 0 Å². The van der Waals surface area contributed by atoms with Gasteiger partial charge in [-0.2, -0.15) is 20.1 Å². The van der Waals surface area contributed by atoms with Crippen LogP contribution < -0.4 is 15.2 Å². The Morgan fingerprint density at radius 3 is 2.09 bits per heavy atom. The van der Waals surface area contributed by atoms with Crippen molar-refractivity contribution in [3.63, 3.8) is 0 Å². The SMILES string of the molecule is Fc1ccc(C=NNc2nc(N3CCOCC3)nc(N(c3ccccc3)c3ccccc3)n2)cc1. The molecular formula is C26H24FN7O. The van der Waals surface area contributed by atoms with E-state index in [-0.39, 0.29) is 5.82 Å². The van der Waals surface area contributed by atoms with E-state index in [1.807, 2.05) is 65.6 Å². The van der Waals surface area contributed by atoms with E-state index in [9.17, 15) is 4.39 Å². The molecule has 0 atom stereocenters. The third-order valence-corrected chi connectivity index (χ3v) is 5.38. The Bertz CT molecular complexity index is 1220. The summed E-state index contributed by atoms with van der Waals surface area (Å²) in [6.45, 7) is 2.57. The van der Waals surface area contributed by atoms with Crippen molar-refractivity contribution in [1.29, 1.82) is 0 Å². The Labute approximate surface area is 202 Å². The van der Waals surface area contributed by atoms with Crippen molar-refractivity contribution in [3.8, 4) is 0 Å². The molecule has 0 radical (unpaired) electrons. The lowest BCUT2D eigenvalue weighted by Crippen LogP contribution is -2.37. The molecule has 1 saturated heterocycles. The third-order valence-electron chi connectivity index (χ3n) is 5.38. The number of halogens is 1. The van der Waals surface area contributed by atoms with E-state index in [2.05, 4.69) is 25.4 Å². The predicted octanol–water partition coefficient (Wildman–Crippen LogP) is 4.76. The quantitative estimate of drug-likeness (QED) is 0.309. The highest BCUT2D eigenvalue weighted by molar-refractivity contribution is 5.80. The second kappa shape index (κ2) is 10.7. The molecule has 0 saturated carbocycles. The second-order valence-corrected chi connectivity index (χ2v) is 7.79. The number of para-hydroxylation sites is 2. The van der Waals surface area contributed by atoms with Gasteiger partial charge in [0.1, 0.15) is 5.82 Å². The fourth-order valence-corrected chi connectivity index (χ4v) is 3.66. The lowest BCUT2D eigenvalue weighted by molar-refractivity contribution is 0.122. The molecule has 1 fully saturated rings. The normalized spacial score (nSPS) is 13.7. The van der Waals surface area contributed by atoms with Crippen LogP contribution >= 0.6 is 0 Å². The van der Waals surface area contributed by atoms with Gasteiger partial charge >= 0.3 is 0 Å². The number of hydrazone groups is 1. The summed E-state index contributed by atoms with van der Waals surface area (Å²) in [6.07, 6.45) is 1.59. The summed E-state index contributed by atoms with van der Waals surface area (Å²) < 4.78 is 18.7. The first kappa shape index (κ1) is 22.4. The van der Waals surface area contributed by atoms with E-state index in [1.165, 1.54) is 12.1 Å². The first-order chi connectivity index (χ1) is 17.3. The fourth-order valence-electron chi connectivity index (χ4n) is 3.66. The second-order valence-electron chi connectivity index (χ2n) is 7.79. The number of anilines is 5. The van der Waals surface area contributed by atoms with E-state index in [0.717, 1.165) is 16.9 Å². The zero-order valence-electron chi connectivity index (χ0n) is 19.0. The topological polar surface area (TPSA) is 78.8 Å². The molecule has 1 aromatic heterocycles. The number of rotatable bonds is 7. The molecule has 0 spiro atoms. The van der Waals surface area contributed by atoms with Crippen LogP contribution in [0.5, 0.6) is 0 Å². The van der Waals surface area contributed by atoms with Gasteiger partial charge in [-0.25, -0.2) is 9.82 Å². The van der Waals surface area contributed by atoms with Crippen molar-refractivity contribution in [2.45, 2.75) is 0 Å². The molecule has 9 heteroatoms. The van der Waals surface area contributed by atoms with Crippen molar-refractivity contribution in [3.05, 3.63) is 96.3 Å². The molecule has 35 heavy (non-hydrogen) atoms. The van der Waals surface area contributed by atoms with Gasteiger partial charge in [-0.05, 0) is 42.0 Å². The largest absolute Gasteiger partial charge is 0.378 e. The van der Waals surface area contributed by atoms with Crippen LogP contribution in [0.3, 0.4) is 0 Å². The Kier molecular flexibility index (Phi) is 6.86. The van der Waals surface area contributed by atoms with Crippen molar-refractivity contribution >= 4 is 35.4 Å². The minimum atomic E-state index is -0.297. The summed E-state index contributed by atoms with van der Waals surface area (Å²) in [7, 11) is 0. The number of ether oxygens (including phenoxy) is 1. The summed E-state index contributed by atoms with van der Waals surface area (Å²) in [4.78, 5) is 18.2. The summed E-state index contributed by atoms with van der Waals surface area (Å²) in [5.41, 5.74) is 5.49. The Morgan fingerprint density at radius 2 is 1.46 bits per heavy atom. The van der Waals surface area contributed by atoms with Gasteiger partial charge in [0, 0.05) is 24.5 Å². The van der Waals surface area contributed by atoms with E-state index in [0.29, 0.717) is 44.1 Å². The first-order valence-corrected chi connectivity index (χ1v) is 11.3. The van der Waals surface area contributed by atoms with E-state index in [4.69, 9.17) is 9.72 Å². The minimum Gasteiger partial charge on any atom is -0.378 e. The van der Waals surface area contributed by atoms with Crippen LogP contribution in [0.1, 0.15) is 5.56 Å².